The molecular formula is C22H30O4. The van der Waals surface area contributed by atoms with E-state index in [0.717, 1.165) is 43.2 Å². The van der Waals surface area contributed by atoms with Crippen molar-refractivity contribution in [3.63, 3.8) is 0 Å². The Labute approximate surface area is 156 Å². The number of carbonyl (C=O) groups is 2. The van der Waals surface area contributed by atoms with E-state index >= 15 is 0 Å². The number of benzene rings is 1. The molecule has 4 nitrogen and oxygen atoms in total. The van der Waals surface area contributed by atoms with Crippen molar-refractivity contribution in [1.82, 2.24) is 0 Å². The van der Waals surface area contributed by atoms with E-state index in [2.05, 4.69) is 6.92 Å². The lowest BCUT2D eigenvalue weighted by Gasteiger charge is -2.28. The van der Waals surface area contributed by atoms with Gasteiger partial charge in [0.2, 0.25) is 0 Å². The molecule has 0 aromatic heterocycles. The molecule has 4 heteroatoms. The number of unbranched alkanes of at least 4 members (excludes halogenated alkanes) is 3. The molecule has 1 fully saturated rings. The lowest BCUT2D eigenvalue weighted by molar-refractivity contribution is -0.131. The molecule has 0 unspecified atom stereocenters. The van der Waals surface area contributed by atoms with E-state index in [1.807, 2.05) is 0 Å². The molecule has 0 spiro atoms. The van der Waals surface area contributed by atoms with Crippen molar-refractivity contribution in [3.8, 4) is 0 Å². The highest BCUT2D eigenvalue weighted by Crippen LogP contribution is 2.30. The molecule has 0 aliphatic heterocycles. The predicted octanol–water partition coefficient (Wildman–Crippen LogP) is 5.47. The summed E-state index contributed by atoms with van der Waals surface area (Å²) >= 11 is 0. The van der Waals surface area contributed by atoms with Crippen LogP contribution in [0.15, 0.2) is 30.3 Å². The Kier molecular flexibility index (Phi) is 8.39. The summed E-state index contributed by atoms with van der Waals surface area (Å²) in [5.74, 6) is -0.485. The van der Waals surface area contributed by atoms with Crippen LogP contribution in [0.25, 0.3) is 6.08 Å². The number of hydrogen-bond acceptors (Lipinski definition) is 3. The van der Waals surface area contributed by atoms with Gasteiger partial charge in [-0.25, -0.2) is 9.59 Å². The highest BCUT2D eigenvalue weighted by molar-refractivity contribution is 5.90. The third-order valence-corrected chi connectivity index (χ3v) is 5.10. The molecule has 1 saturated carbocycles. The zero-order chi connectivity index (χ0) is 18.8. The van der Waals surface area contributed by atoms with Gasteiger partial charge < -0.3 is 9.84 Å². The first-order valence-electron chi connectivity index (χ1n) is 9.80. The van der Waals surface area contributed by atoms with Crippen LogP contribution in [0, 0.1) is 5.92 Å². The molecule has 1 N–H and O–H groups in total. The maximum Gasteiger partial charge on any atom is 0.338 e. The minimum Gasteiger partial charge on any atom is -0.478 e. The van der Waals surface area contributed by atoms with E-state index in [-0.39, 0.29) is 12.1 Å². The van der Waals surface area contributed by atoms with Crippen LogP contribution >= 0.6 is 0 Å². The van der Waals surface area contributed by atoms with Gasteiger partial charge in [0, 0.05) is 6.08 Å². The van der Waals surface area contributed by atoms with Crippen molar-refractivity contribution in [2.24, 2.45) is 5.92 Å². The van der Waals surface area contributed by atoms with Gasteiger partial charge >= 0.3 is 11.9 Å². The number of carboxylic acid groups (broad SMARTS) is 1. The summed E-state index contributed by atoms with van der Waals surface area (Å²) in [6.07, 6.45) is 13.4. The van der Waals surface area contributed by atoms with Crippen LogP contribution in [0.2, 0.25) is 0 Å². The molecule has 142 valence electrons. The quantitative estimate of drug-likeness (QED) is 0.361. The van der Waals surface area contributed by atoms with E-state index in [0.29, 0.717) is 5.56 Å². The van der Waals surface area contributed by atoms with Crippen molar-refractivity contribution in [1.29, 1.82) is 0 Å². The van der Waals surface area contributed by atoms with Gasteiger partial charge in [0.15, 0.2) is 0 Å². The van der Waals surface area contributed by atoms with Gasteiger partial charge in [-0.15, -0.1) is 0 Å². The molecule has 26 heavy (non-hydrogen) atoms. The van der Waals surface area contributed by atoms with Gasteiger partial charge in [-0.3, -0.25) is 0 Å². The SMILES string of the molecule is CCCCCCC1CCC(OC(=O)c2ccc(/C=C/C(=O)O)cc2)CC1. The topological polar surface area (TPSA) is 63.6 Å². The van der Waals surface area contributed by atoms with Crippen LogP contribution in [0.1, 0.15) is 80.6 Å². The number of esters is 1. The molecule has 0 bridgehead atoms. The maximum atomic E-state index is 12.3. The van der Waals surface area contributed by atoms with E-state index in [4.69, 9.17) is 9.84 Å². The van der Waals surface area contributed by atoms with Crippen LogP contribution in [-0.2, 0) is 9.53 Å². The summed E-state index contributed by atoms with van der Waals surface area (Å²) in [7, 11) is 0. The number of ether oxygens (including phenoxy) is 1. The molecule has 1 aromatic carbocycles. The Hall–Kier alpha value is -2.10. The molecule has 1 aromatic rings. The second-order valence-electron chi connectivity index (χ2n) is 7.19. The zero-order valence-electron chi connectivity index (χ0n) is 15.7. The Bertz CT molecular complexity index is 595. The van der Waals surface area contributed by atoms with Gasteiger partial charge in [0.05, 0.1) is 5.56 Å². The smallest absolute Gasteiger partial charge is 0.338 e. The van der Waals surface area contributed by atoms with Crippen molar-refractivity contribution < 1.29 is 19.4 Å². The molecular weight excluding hydrogens is 328 g/mol. The Balaban J connectivity index is 1.74. The number of aliphatic carboxylic acids is 1. The van der Waals surface area contributed by atoms with Crippen molar-refractivity contribution in [3.05, 3.63) is 41.5 Å². The maximum absolute atomic E-state index is 12.3. The summed E-state index contributed by atoms with van der Waals surface area (Å²) in [6, 6.07) is 6.82. The molecule has 2 rings (SSSR count). The lowest BCUT2D eigenvalue weighted by Crippen LogP contribution is -2.24. The highest BCUT2D eigenvalue weighted by Gasteiger charge is 2.24. The summed E-state index contributed by atoms with van der Waals surface area (Å²) < 4.78 is 5.66. The fourth-order valence-electron chi connectivity index (χ4n) is 3.52. The second kappa shape index (κ2) is 10.8. The van der Waals surface area contributed by atoms with Crippen LogP contribution < -0.4 is 0 Å². The summed E-state index contributed by atoms with van der Waals surface area (Å²) in [6.45, 7) is 2.24. The second-order valence-corrected chi connectivity index (χ2v) is 7.19. The first kappa shape index (κ1) is 20.2. The fraction of sp³-hybridized carbons (Fsp3) is 0.545. The van der Waals surface area contributed by atoms with Gasteiger partial charge in [0.25, 0.3) is 0 Å². The third kappa shape index (κ3) is 7.03. The van der Waals surface area contributed by atoms with Crippen molar-refractivity contribution in [2.45, 2.75) is 70.8 Å². The predicted molar refractivity (Wildman–Crippen MR) is 103 cm³/mol. The molecule has 0 atom stereocenters. The number of carbonyl (C=O) groups excluding carboxylic acids is 1. The average Bonchev–Trinajstić information content (AvgIpc) is 2.65. The van der Waals surface area contributed by atoms with Crippen molar-refractivity contribution in [2.75, 3.05) is 0 Å². The number of carboxylic acids is 1. The molecule has 0 radical (unpaired) electrons. The van der Waals surface area contributed by atoms with E-state index in [1.54, 1.807) is 24.3 Å². The standard InChI is InChI=1S/C22H30O4/c1-2-3-4-5-6-17-9-14-20(15-10-17)26-22(25)19-12-7-18(8-13-19)11-16-21(23)24/h7-8,11-13,16-17,20H,2-6,9-10,14-15H2,1H3,(H,23,24)/b16-11+. The summed E-state index contributed by atoms with van der Waals surface area (Å²) in [4.78, 5) is 22.8. The van der Waals surface area contributed by atoms with Crippen LogP contribution in [-0.4, -0.2) is 23.1 Å². The minimum absolute atomic E-state index is 0.0287. The summed E-state index contributed by atoms with van der Waals surface area (Å²) in [5, 5.41) is 8.63. The number of rotatable bonds is 9. The monoisotopic (exact) mass is 358 g/mol. The third-order valence-electron chi connectivity index (χ3n) is 5.10. The van der Waals surface area contributed by atoms with Crippen LogP contribution in [0.3, 0.4) is 0 Å². The zero-order valence-corrected chi connectivity index (χ0v) is 15.7. The largest absolute Gasteiger partial charge is 0.478 e. The fourth-order valence-corrected chi connectivity index (χ4v) is 3.52. The lowest BCUT2D eigenvalue weighted by atomic mass is 9.84. The Morgan fingerprint density at radius 1 is 1.08 bits per heavy atom. The molecule has 0 amide bonds. The van der Waals surface area contributed by atoms with E-state index in [1.165, 1.54) is 38.2 Å². The van der Waals surface area contributed by atoms with Gasteiger partial charge in [0.1, 0.15) is 6.10 Å². The van der Waals surface area contributed by atoms with Gasteiger partial charge in [-0.1, -0.05) is 51.2 Å². The van der Waals surface area contributed by atoms with Crippen LogP contribution in [0.5, 0.6) is 0 Å². The molecule has 1 aliphatic carbocycles. The average molecular weight is 358 g/mol. The Morgan fingerprint density at radius 3 is 2.38 bits per heavy atom. The minimum atomic E-state index is -0.991. The Morgan fingerprint density at radius 2 is 1.77 bits per heavy atom. The number of hydrogen-bond donors (Lipinski definition) is 1. The van der Waals surface area contributed by atoms with Gasteiger partial charge in [-0.05, 0) is 55.4 Å². The van der Waals surface area contributed by atoms with Gasteiger partial charge in [-0.2, -0.15) is 0 Å². The van der Waals surface area contributed by atoms with Crippen LogP contribution in [0.4, 0.5) is 0 Å². The van der Waals surface area contributed by atoms with Crippen molar-refractivity contribution >= 4 is 18.0 Å². The summed E-state index contributed by atoms with van der Waals surface area (Å²) in [5.41, 5.74) is 1.26. The first-order valence-corrected chi connectivity index (χ1v) is 9.80. The van der Waals surface area contributed by atoms with E-state index in [9.17, 15) is 9.59 Å². The highest BCUT2D eigenvalue weighted by atomic mass is 16.5. The normalized spacial score (nSPS) is 20.2. The molecule has 0 saturated heterocycles. The molecule has 1 aliphatic rings. The molecule has 0 heterocycles. The first-order chi connectivity index (χ1) is 12.6. The van der Waals surface area contributed by atoms with E-state index < -0.39 is 5.97 Å².